The van der Waals surface area contributed by atoms with Gasteiger partial charge < -0.3 is 9.75 Å². The van der Waals surface area contributed by atoms with Crippen molar-refractivity contribution in [1.82, 2.24) is 5.01 Å². The molecule has 0 radical (unpaired) electrons. The second-order valence-corrected chi connectivity index (χ2v) is 5.54. The van der Waals surface area contributed by atoms with E-state index in [1.807, 2.05) is 26.8 Å². The Bertz CT molecular complexity index is 318. The van der Waals surface area contributed by atoms with Crippen LogP contribution in [0, 0.1) is 0 Å². The average molecular weight is 322 g/mol. The highest BCUT2D eigenvalue weighted by Gasteiger charge is 2.27. The lowest BCUT2D eigenvalue weighted by molar-refractivity contribution is -0.158. The molecule has 0 fully saturated rings. The fourth-order valence-electron chi connectivity index (χ4n) is 1.09. The summed E-state index contributed by atoms with van der Waals surface area (Å²) in [7, 11) is 0. The van der Waals surface area contributed by atoms with Gasteiger partial charge in [0.05, 0.1) is 0 Å². The van der Waals surface area contributed by atoms with Gasteiger partial charge in [0.25, 0.3) is 0 Å². The number of carbonyl (C=O) groups excluding carboxylic acids is 1. The predicted molar refractivity (Wildman–Crippen MR) is 66.9 cm³/mol. The summed E-state index contributed by atoms with van der Waals surface area (Å²) in [5, 5.41) is 1.34. The Morgan fingerprint density at radius 3 is 2.73 bits per heavy atom. The second-order valence-electron chi connectivity index (χ2n) is 4.29. The van der Waals surface area contributed by atoms with Crippen molar-refractivity contribution in [2.45, 2.75) is 32.4 Å². The van der Waals surface area contributed by atoms with Crippen molar-refractivity contribution in [1.29, 1.82) is 0 Å². The van der Waals surface area contributed by atoms with Crippen molar-refractivity contribution in [2.75, 3.05) is 0 Å². The van der Waals surface area contributed by atoms with E-state index in [-0.39, 0.29) is 5.97 Å². The molecular formula is C10H15IN2O2. The van der Waals surface area contributed by atoms with E-state index in [4.69, 9.17) is 10.6 Å². The first-order valence-corrected chi connectivity index (χ1v) is 5.69. The van der Waals surface area contributed by atoms with Gasteiger partial charge in [-0.25, -0.2) is 10.6 Å². The van der Waals surface area contributed by atoms with Crippen LogP contribution in [0.15, 0.2) is 21.9 Å². The van der Waals surface area contributed by atoms with Crippen LogP contribution >= 0.6 is 22.6 Å². The molecule has 1 rings (SSSR count). The van der Waals surface area contributed by atoms with E-state index in [2.05, 4.69) is 22.6 Å². The minimum atomic E-state index is -0.527. The number of halogens is 1. The van der Waals surface area contributed by atoms with Crippen LogP contribution in [0.3, 0.4) is 0 Å². The number of hydrogen-bond acceptors (Lipinski definition) is 4. The quantitative estimate of drug-likeness (QED) is 0.454. The maximum Gasteiger partial charge on any atom is 0.334 e. The first-order valence-electron chi connectivity index (χ1n) is 4.61. The number of esters is 1. The Labute approximate surface area is 103 Å². The molecular weight excluding hydrogens is 307 g/mol. The molecule has 0 saturated carbocycles. The summed E-state index contributed by atoms with van der Waals surface area (Å²) in [6, 6.07) is -0.527. The standard InChI is InChI=1S/C10H15IN2O2/c1-10(2,3)15-9(14)8-6-7(11)4-5-13(8)12/h4-6,8H,12H2,1-3H3. The Morgan fingerprint density at radius 1 is 1.60 bits per heavy atom. The smallest absolute Gasteiger partial charge is 0.334 e. The van der Waals surface area contributed by atoms with Crippen molar-refractivity contribution in [2.24, 2.45) is 5.84 Å². The lowest BCUT2D eigenvalue weighted by Crippen LogP contribution is -2.45. The fraction of sp³-hybridized carbons (Fsp3) is 0.500. The van der Waals surface area contributed by atoms with Crippen molar-refractivity contribution in [3.63, 3.8) is 0 Å². The molecule has 1 aliphatic rings. The molecule has 4 nitrogen and oxygen atoms in total. The number of allylic oxidation sites excluding steroid dienone is 2. The summed E-state index contributed by atoms with van der Waals surface area (Å²) in [4.78, 5) is 11.7. The molecule has 0 amide bonds. The van der Waals surface area contributed by atoms with Crippen LogP contribution in [-0.2, 0) is 9.53 Å². The van der Waals surface area contributed by atoms with Crippen molar-refractivity contribution >= 4 is 28.6 Å². The van der Waals surface area contributed by atoms with E-state index >= 15 is 0 Å². The van der Waals surface area contributed by atoms with Crippen LogP contribution in [0.25, 0.3) is 0 Å². The third-order valence-corrected chi connectivity index (χ3v) is 2.41. The zero-order valence-corrected chi connectivity index (χ0v) is 11.2. The van der Waals surface area contributed by atoms with Gasteiger partial charge in [0, 0.05) is 9.78 Å². The summed E-state index contributed by atoms with van der Waals surface area (Å²) in [5.41, 5.74) is -0.488. The van der Waals surface area contributed by atoms with Gasteiger partial charge >= 0.3 is 5.97 Å². The molecule has 0 bridgehead atoms. The van der Waals surface area contributed by atoms with Gasteiger partial charge in [-0.2, -0.15) is 0 Å². The van der Waals surface area contributed by atoms with Gasteiger partial charge in [0.2, 0.25) is 0 Å². The van der Waals surface area contributed by atoms with Crippen molar-refractivity contribution in [3.05, 3.63) is 21.9 Å². The van der Waals surface area contributed by atoms with Crippen LogP contribution in [0.1, 0.15) is 20.8 Å². The second kappa shape index (κ2) is 4.52. The largest absolute Gasteiger partial charge is 0.458 e. The van der Waals surface area contributed by atoms with E-state index < -0.39 is 11.6 Å². The Balaban J connectivity index is 2.72. The molecule has 2 N–H and O–H groups in total. The molecule has 84 valence electrons. The normalized spacial score (nSPS) is 21.3. The van der Waals surface area contributed by atoms with E-state index in [0.29, 0.717) is 0 Å². The van der Waals surface area contributed by atoms with Gasteiger partial charge in [-0.3, -0.25) is 0 Å². The summed E-state index contributed by atoms with van der Waals surface area (Å²) in [5.74, 6) is 5.33. The van der Waals surface area contributed by atoms with Crippen LogP contribution in [0.4, 0.5) is 0 Å². The number of hydrazine groups is 1. The van der Waals surface area contributed by atoms with E-state index in [1.54, 1.807) is 12.3 Å². The molecule has 5 heteroatoms. The summed E-state index contributed by atoms with van der Waals surface area (Å²) in [6.45, 7) is 5.50. The van der Waals surface area contributed by atoms with Crippen LogP contribution in [-0.4, -0.2) is 22.6 Å². The Kier molecular flexibility index (Phi) is 3.77. The number of carbonyl (C=O) groups is 1. The lowest BCUT2D eigenvalue weighted by Gasteiger charge is -2.28. The van der Waals surface area contributed by atoms with E-state index in [9.17, 15) is 4.79 Å². The van der Waals surface area contributed by atoms with Gasteiger partial charge in [-0.1, -0.05) is 0 Å². The van der Waals surface area contributed by atoms with Crippen LogP contribution in [0.5, 0.6) is 0 Å². The highest BCUT2D eigenvalue weighted by molar-refractivity contribution is 14.1. The molecule has 0 aliphatic carbocycles. The van der Waals surface area contributed by atoms with Gasteiger partial charge in [0.1, 0.15) is 5.60 Å². The number of rotatable bonds is 1. The highest BCUT2D eigenvalue weighted by Crippen LogP contribution is 2.19. The molecule has 15 heavy (non-hydrogen) atoms. The molecule has 1 heterocycles. The van der Waals surface area contributed by atoms with Crippen molar-refractivity contribution < 1.29 is 9.53 Å². The predicted octanol–water partition coefficient (Wildman–Crippen LogP) is 1.72. The molecule has 0 spiro atoms. The zero-order chi connectivity index (χ0) is 11.6. The molecule has 1 atom stereocenters. The monoisotopic (exact) mass is 322 g/mol. The summed E-state index contributed by atoms with van der Waals surface area (Å²) in [6.07, 6.45) is 5.27. The number of hydrogen-bond donors (Lipinski definition) is 1. The van der Waals surface area contributed by atoms with E-state index in [0.717, 1.165) is 3.58 Å². The molecule has 1 unspecified atom stereocenters. The molecule has 0 saturated heterocycles. The van der Waals surface area contributed by atoms with Gasteiger partial charge in [-0.15, -0.1) is 0 Å². The van der Waals surface area contributed by atoms with Gasteiger partial charge in [-0.05, 0) is 55.5 Å². The fourth-order valence-corrected chi connectivity index (χ4v) is 1.60. The molecule has 1 aliphatic heterocycles. The topological polar surface area (TPSA) is 55.6 Å². The number of nitrogens with zero attached hydrogens (tertiary/aromatic N) is 1. The van der Waals surface area contributed by atoms with Crippen LogP contribution < -0.4 is 5.84 Å². The first kappa shape index (κ1) is 12.5. The minimum absolute atomic E-state index is 0.330. The zero-order valence-electron chi connectivity index (χ0n) is 9.03. The van der Waals surface area contributed by atoms with Crippen molar-refractivity contribution in [3.8, 4) is 0 Å². The minimum Gasteiger partial charge on any atom is -0.458 e. The third kappa shape index (κ3) is 3.83. The average Bonchev–Trinajstić information content (AvgIpc) is 2.06. The molecule has 0 aromatic carbocycles. The first-order chi connectivity index (χ1) is 6.79. The maximum atomic E-state index is 11.7. The third-order valence-electron chi connectivity index (χ3n) is 1.69. The number of nitrogens with two attached hydrogens (primary N) is 1. The Morgan fingerprint density at radius 2 is 2.20 bits per heavy atom. The summed E-state index contributed by atoms with van der Waals surface area (Å²) >= 11 is 2.14. The number of ether oxygens (including phenoxy) is 1. The maximum absolute atomic E-state index is 11.7. The van der Waals surface area contributed by atoms with E-state index in [1.165, 1.54) is 5.01 Å². The summed E-state index contributed by atoms with van der Waals surface area (Å²) < 4.78 is 6.23. The lowest BCUT2D eigenvalue weighted by atomic mass is 10.1. The SMILES string of the molecule is CC(C)(C)OC(=O)C1C=C(I)C=CN1N. The van der Waals surface area contributed by atoms with Gasteiger partial charge in [0.15, 0.2) is 6.04 Å². The van der Waals surface area contributed by atoms with Crippen LogP contribution in [0.2, 0.25) is 0 Å². The highest BCUT2D eigenvalue weighted by atomic mass is 127. The molecule has 0 aromatic heterocycles. The molecule has 0 aromatic rings. The Hall–Kier alpha value is -0.560.